The highest BCUT2D eigenvalue weighted by molar-refractivity contribution is 6.76. The molecule has 0 amide bonds. The van der Waals surface area contributed by atoms with E-state index in [2.05, 4.69) is 80.4 Å². The van der Waals surface area contributed by atoms with E-state index in [0.29, 0.717) is 19.4 Å². The molecule has 8 nitrogen and oxygen atoms in total. The van der Waals surface area contributed by atoms with Gasteiger partial charge in [-0.3, -0.25) is 4.98 Å². The molecule has 1 atom stereocenters. The lowest BCUT2D eigenvalue weighted by molar-refractivity contribution is 0.0942. The fourth-order valence-electron chi connectivity index (χ4n) is 5.27. The largest absolute Gasteiger partial charge is 0.361 e. The van der Waals surface area contributed by atoms with Crippen molar-refractivity contribution in [2.45, 2.75) is 63.7 Å². The van der Waals surface area contributed by atoms with Gasteiger partial charge in [-0.05, 0) is 44.2 Å². The van der Waals surface area contributed by atoms with Crippen LogP contribution < -0.4 is 4.90 Å². The fourth-order valence-corrected chi connectivity index (χ4v) is 6.79. The molecule has 1 aliphatic heterocycles. The van der Waals surface area contributed by atoms with E-state index in [0.717, 1.165) is 84.0 Å². The van der Waals surface area contributed by atoms with E-state index in [1.807, 2.05) is 29.0 Å². The highest BCUT2D eigenvalue weighted by atomic mass is 28.3. The van der Waals surface area contributed by atoms with Crippen molar-refractivity contribution in [3.8, 4) is 11.1 Å². The second-order valence-electron chi connectivity index (χ2n) is 14.2. The molecule has 1 aliphatic rings. The minimum atomic E-state index is -1.20. The molecule has 0 N–H and O–H groups in total. The molecule has 0 bridgehead atoms. The maximum Gasteiger partial charge on any atom is 0.165 e. The van der Waals surface area contributed by atoms with E-state index in [1.165, 1.54) is 0 Å². The number of hydrogen-bond acceptors (Lipinski definition) is 7. The zero-order chi connectivity index (χ0) is 29.9. The minimum absolute atomic E-state index is 0.374. The van der Waals surface area contributed by atoms with Crippen molar-refractivity contribution in [2.24, 2.45) is 0 Å². The molecule has 4 heterocycles. The lowest BCUT2D eigenvalue weighted by Gasteiger charge is -2.27. The molecule has 226 valence electrons. The number of likely N-dealkylation sites (N-methyl/N-ethyl adjacent to an activating group) is 1. The fraction of sp³-hybridized carbons (Fsp3) is 0.531. The van der Waals surface area contributed by atoms with Gasteiger partial charge < -0.3 is 19.3 Å². The van der Waals surface area contributed by atoms with E-state index in [1.54, 1.807) is 0 Å². The van der Waals surface area contributed by atoms with Crippen LogP contribution in [0.3, 0.4) is 0 Å². The molecule has 5 rings (SSSR count). The normalized spacial score (nSPS) is 16.6. The van der Waals surface area contributed by atoms with E-state index >= 15 is 0 Å². The summed E-state index contributed by atoms with van der Waals surface area (Å²) in [7, 11) is -0.210. The maximum atomic E-state index is 6.30. The topological polar surface area (TPSA) is 68.0 Å². The summed E-state index contributed by atoms with van der Waals surface area (Å²) in [6.45, 7) is 18.8. The lowest BCUT2D eigenvalue weighted by atomic mass is 10.0. The quantitative estimate of drug-likeness (QED) is 0.0945. The smallest absolute Gasteiger partial charge is 0.165 e. The summed E-state index contributed by atoms with van der Waals surface area (Å²) in [4.78, 5) is 14.6. The second kappa shape index (κ2) is 12.9. The van der Waals surface area contributed by atoms with Crippen molar-refractivity contribution in [3.63, 3.8) is 0 Å². The van der Waals surface area contributed by atoms with Crippen LogP contribution in [0.2, 0.25) is 51.4 Å². The monoisotopic (exact) mass is 604 g/mol. The molecule has 0 saturated carbocycles. The SMILES string of the molecule is CN1CCC(c2cc(N(COCC[Si](C)(C)C)COCC[Si](C)(C)C)n3ncc(-c4cnc5ccccc5c4)c3n2)C1. The van der Waals surface area contributed by atoms with Gasteiger partial charge in [0.25, 0.3) is 0 Å². The number of likely N-dealkylation sites (tertiary alicyclic amines) is 1. The minimum Gasteiger partial charge on any atom is -0.361 e. The molecule has 42 heavy (non-hydrogen) atoms. The zero-order valence-electron chi connectivity index (χ0n) is 26.6. The number of benzene rings is 1. The van der Waals surface area contributed by atoms with Gasteiger partial charge in [0.1, 0.15) is 19.3 Å². The number of hydrogen-bond donors (Lipinski definition) is 0. The van der Waals surface area contributed by atoms with Crippen molar-refractivity contribution in [2.75, 3.05) is 51.7 Å². The molecule has 0 aliphatic carbocycles. The third kappa shape index (κ3) is 7.84. The van der Waals surface area contributed by atoms with Gasteiger partial charge in [0.05, 0.1) is 17.4 Å². The van der Waals surface area contributed by atoms with Crippen molar-refractivity contribution in [1.29, 1.82) is 0 Å². The Morgan fingerprint density at radius 2 is 1.62 bits per heavy atom. The molecule has 4 aromatic rings. The van der Waals surface area contributed by atoms with Crippen molar-refractivity contribution in [1.82, 2.24) is 24.5 Å². The molecule has 1 unspecified atom stereocenters. The Hall–Kier alpha value is -2.64. The summed E-state index contributed by atoms with van der Waals surface area (Å²) >= 11 is 0. The van der Waals surface area contributed by atoms with E-state index < -0.39 is 16.1 Å². The number of para-hydroxylation sites is 1. The van der Waals surface area contributed by atoms with Gasteiger partial charge in [0.2, 0.25) is 0 Å². The maximum absolute atomic E-state index is 6.30. The first-order chi connectivity index (χ1) is 20.0. The zero-order valence-corrected chi connectivity index (χ0v) is 28.6. The molecule has 10 heteroatoms. The van der Waals surface area contributed by atoms with Gasteiger partial charge in [0.15, 0.2) is 5.65 Å². The van der Waals surface area contributed by atoms with Crippen LogP contribution in [0.1, 0.15) is 18.0 Å². The Balaban J connectivity index is 1.53. The van der Waals surface area contributed by atoms with E-state index in [-0.39, 0.29) is 0 Å². The summed E-state index contributed by atoms with van der Waals surface area (Å²) in [5.41, 5.74) is 4.95. The Morgan fingerprint density at radius 3 is 2.26 bits per heavy atom. The number of anilines is 1. The van der Waals surface area contributed by atoms with Crippen LogP contribution in [0.15, 0.2) is 48.8 Å². The van der Waals surface area contributed by atoms with Crippen LogP contribution in [0.25, 0.3) is 27.7 Å². The molecule has 1 aromatic carbocycles. The van der Waals surface area contributed by atoms with Crippen LogP contribution in [0.5, 0.6) is 0 Å². The number of aromatic nitrogens is 4. The molecule has 1 fully saturated rings. The number of nitrogens with zero attached hydrogens (tertiary/aromatic N) is 6. The summed E-state index contributed by atoms with van der Waals surface area (Å²) in [5.74, 6) is 1.34. The van der Waals surface area contributed by atoms with Crippen LogP contribution in [-0.4, -0.2) is 87.4 Å². The predicted molar refractivity (Wildman–Crippen MR) is 179 cm³/mol. The number of ether oxygens (including phenoxy) is 2. The third-order valence-electron chi connectivity index (χ3n) is 7.99. The van der Waals surface area contributed by atoms with E-state index in [4.69, 9.17) is 24.5 Å². The second-order valence-corrected chi connectivity index (χ2v) is 25.5. The molecular weight excluding hydrogens is 557 g/mol. The Labute approximate surface area is 253 Å². The van der Waals surface area contributed by atoms with Crippen LogP contribution in [-0.2, 0) is 9.47 Å². The average Bonchev–Trinajstić information content (AvgIpc) is 3.56. The summed E-state index contributed by atoms with van der Waals surface area (Å²) in [5, 5.41) is 6.00. The molecular formula is C32H48N6O2Si2. The highest BCUT2D eigenvalue weighted by Crippen LogP contribution is 2.33. The predicted octanol–water partition coefficient (Wildman–Crippen LogP) is 6.79. The van der Waals surface area contributed by atoms with Crippen LogP contribution >= 0.6 is 0 Å². The Bertz CT molecular complexity index is 1470. The van der Waals surface area contributed by atoms with Gasteiger partial charge >= 0.3 is 0 Å². The van der Waals surface area contributed by atoms with Crippen molar-refractivity contribution < 1.29 is 9.47 Å². The lowest BCUT2D eigenvalue weighted by Crippen LogP contribution is -2.33. The first kappa shape index (κ1) is 30.8. The van der Waals surface area contributed by atoms with Crippen LogP contribution in [0, 0.1) is 0 Å². The molecule has 0 spiro atoms. The van der Waals surface area contributed by atoms with Crippen molar-refractivity contribution >= 4 is 38.5 Å². The van der Waals surface area contributed by atoms with Gasteiger partial charge in [-0.1, -0.05) is 57.5 Å². The molecule has 0 radical (unpaired) electrons. The molecule has 1 saturated heterocycles. The first-order valence-electron chi connectivity index (χ1n) is 15.3. The van der Waals surface area contributed by atoms with Crippen molar-refractivity contribution in [3.05, 3.63) is 54.5 Å². The van der Waals surface area contributed by atoms with Crippen LogP contribution in [0.4, 0.5) is 5.82 Å². The Morgan fingerprint density at radius 1 is 0.929 bits per heavy atom. The molecule has 3 aromatic heterocycles. The number of fused-ring (bicyclic) bond motifs is 2. The standard InChI is InChI=1S/C32H48N6O2Si2/c1-36-13-12-26(22-36)30-19-31(37(23-39-14-16-41(2,3)4)24-40-15-17-42(5,6)7)38-32(35-30)28(21-34-38)27-18-25-10-8-9-11-29(25)33-20-27/h8-11,18-21,26H,12-17,22-24H2,1-7H3. The Kier molecular flexibility index (Phi) is 9.48. The summed E-state index contributed by atoms with van der Waals surface area (Å²) < 4.78 is 14.6. The number of rotatable bonds is 13. The van der Waals surface area contributed by atoms with Gasteiger partial charge in [-0.2, -0.15) is 9.61 Å². The summed E-state index contributed by atoms with van der Waals surface area (Å²) in [6.07, 6.45) is 4.96. The van der Waals surface area contributed by atoms with Gasteiger partial charge in [0, 0.05) is 70.6 Å². The third-order valence-corrected chi connectivity index (χ3v) is 11.4. The first-order valence-corrected chi connectivity index (χ1v) is 22.7. The van der Waals surface area contributed by atoms with E-state index in [9.17, 15) is 0 Å². The van der Waals surface area contributed by atoms with Gasteiger partial charge in [-0.25, -0.2) is 4.98 Å². The number of pyridine rings is 1. The highest BCUT2D eigenvalue weighted by Gasteiger charge is 2.26. The van der Waals surface area contributed by atoms with Gasteiger partial charge in [-0.15, -0.1) is 0 Å². The average molecular weight is 605 g/mol. The summed E-state index contributed by atoms with van der Waals surface area (Å²) in [6, 6.07) is 14.9.